The molecule has 2 aromatic carbocycles. The van der Waals surface area contributed by atoms with Crippen LogP contribution in [0.2, 0.25) is 0 Å². The van der Waals surface area contributed by atoms with Crippen molar-refractivity contribution in [1.82, 2.24) is 9.80 Å². The third-order valence-electron chi connectivity index (χ3n) is 8.45. The van der Waals surface area contributed by atoms with E-state index in [0.717, 1.165) is 68.2 Å². The number of anilines is 2. The first-order valence-electron chi connectivity index (χ1n) is 18.2. The lowest BCUT2D eigenvalue weighted by Gasteiger charge is -2.22. The van der Waals surface area contributed by atoms with E-state index in [1.165, 1.54) is 77.0 Å². The van der Waals surface area contributed by atoms with Crippen molar-refractivity contribution >= 4 is 23.2 Å². The zero-order chi connectivity index (χ0) is 32.5. The lowest BCUT2D eigenvalue weighted by atomic mass is 10.0. The summed E-state index contributed by atoms with van der Waals surface area (Å²) in [7, 11) is 0. The molecule has 2 N–H and O–H groups in total. The van der Waals surface area contributed by atoms with Crippen LogP contribution in [0.25, 0.3) is 0 Å². The fourth-order valence-electron chi connectivity index (χ4n) is 5.68. The molecule has 0 aliphatic rings. The molecule has 0 fully saturated rings. The van der Waals surface area contributed by atoms with Crippen molar-refractivity contribution in [3.8, 4) is 0 Å². The van der Waals surface area contributed by atoms with Gasteiger partial charge in [0.05, 0.1) is 0 Å². The first-order chi connectivity index (χ1) is 22.0. The van der Waals surface area contributed by atoms with E-state index >= 15 is 0 Å². The molecule has 6 heteroatoms. The fourth-order valence-corrected chi connectivity index (χ4v) is 5.68. The fraction of sp³-hybridized carbons (Fsp3) is 0.641. The van der Waals surface area contributed by atoms with Crippen LogP contribution in [0.5, 0.6) is 0 Å². The van der Waals surface area contributed by atoms with E-state index < -0.39 is 0 Å². The number of unbranched alkanes of at least 4 members (excludes halogenated alkanes) is 8. The molecule has 0 unspecified atom stereocenters. The minimum Gasteiger partial charge on any atom is -0.326 e. The number of nitrogens with zero attached hydrogens (tertiary/aromatic N) is 2. The van der Waals surface area contributed by atoms with Gasteiger partial charge in [0, 0.05) is 37.3 Å². The van der Waals surface area contributed by atoms with E-state index in [-0.39, 0.29) is 11.8 Å². The van der Waals surface area contributed by atoms with Crippen LogP contribution in [0.4, 0.5) is 11.4 Å². The molecule has 0 heterocycles. The average Bonchev–Trinajstić information content (AvgIpc) is 3.03. The monoisotopic (exact) mass is 621 g/mol. The highest BCUT2D eigenvalue weighted by atomic mass is 16.2. The number of nitrogens with one attached hydrogen (secondary N) is 2. The second-order valence-corrected chi connectivity index (χ2v) is 12.7. The maximum Gasteiger partial charge on any atom is 0.225 e. The normalized spacial score (nSPS) is 11.3. The van der Waals surface area contributed by atoms with Crippen molar-refractivity contribution in [2.24, 2.45) is 0 Å². The summed E-state index contributed by atoms with van der Waals surface area (Å²) in [5.41, 5.74) is 3.94. The van der Waals surface area contributed by atoms with Crippen LogP contribution >= 0.6 is 0 Å². The summed E-state index contributed by atoms with van der Waals surface area (Å²) in [6, 6.07) is 16.2. The minimum absolute atomic E-state index is 0.0705. The second kappa shape index (κ2) is 24.5. The molecule has 0 saturated heterocycles. The van der Waals surface area contributed by atoms with Gasteiger partial charge in [-0.15, -0.1) is 0 Å². The van der Waals surface area contributed by atoms with Gasteiger partial charge in [0.15, 0.2) is 0 Å². The van der Waals surface area contributed by atoms with Gasteiger partial charge in [0.1, 0.15) is 0 Å². The topological polar surface area (TPSA) is 64.7 Å². The molecule has 2 amide bonds. The summed E-state index contributed by atoms with van der Waals surface area (Å²) >= 11 is 0. The Kier molecular flexibility index (Phi) is 21.0. The highest BCUT2D eigenvalue weighted by Gasteiger charge is 2.11. The number of hydrogen-bond donors (Lipinski definition) is 2. The molecule has 0 bridgehead atoms. The van der Waals surface area contributed by atoms with E-state index in [4.69, 9.17) is 0 Å². The number of hydrogen-bond acceptors (Lipinski definition) is 4. The molecule has 0 saturated carbocycles. The number of carbonyl (C=O) groups is 2. The zero-order valence-electron chi connectivity index (χ0n) is 29.2. The molecule has 2 aromatic rings. The van der Waals surface area contributed by atoms with Crippen LogP contribution < -0.4 is 10.6 Å². The SMILES string of the molecule is CCCCCCN(CCCC)CCC(=O)Nc1cccc(Cc2cccc(NC(=O)CCN(CCCC)CCCCCC)c2)c1. The number of rotatable bonds is 26. The quantitative estimate of drug-likeness (QED) is 0.103. The summed E-state index contributed by atoms with van der Waals surface area (Å²) in [6.45, 7) is 14.9. The van der Waals surface area contributed by atoms with E-state index in [0.29, 0.717) is 12.8 Å². The first-order valence-corrected chi connectivity index (χ1v) is 18.2. The summed E-state index contributed by atoms with van der Waals surface area (Å²) in [4.78, 5) is 30.6. The summed E-state index contributed by atoms with van der Waals surface area (Å²) in [6.07, 6.45) is 16.5. The van der Waals surface area contributed by atoms with Crippen LogP contribution in [0.3, 0.4) is 0 Å². The predicted octanol–water partition coefficient (Wildman–Crippen LogP) is 9.30. The number of carbonyl (C=O) groups excluding carboxylic acids is 2. The van der Waals surface area contributed by atoms with Crippen LogP contribution in [0.1, 0.15) is 129 Å². The molecular weight excluding hydrogens is 556 g/mol. The maximum atomic E-state index is 12.8. The van der Waals surface area contributed by atoms with Crippen LogP contribution in [0, 0.1) is 0 Å². The molecule has 0 radical (unpaired) electrons. The number of amides is 2. The van der Waals surface area contributed by atoms with Crippen molar-refractivity contribution < 1.29 is 9.59 Å². The molecule has 0 spiro atoms. The van der Waals surface area contributed by atoms with E-state index in [9.17, 15) is 9.59 Å². The van der Waals surface area contributed by atoms with Gasteiger partial charge >= 0.3 is 0 Å². The third kappa shape index (κ3) is 18.1. The molecule has 0 aliphatic heterocycles. The molecule has 252 valence electrons. The van der Waals surface area contributed by atoms with Crippen molar-refractivity contribution in [3.63, 3.8) is 0 Å². The van der Waals surface area contributed by atoms with Crippen LogP contribution in [0.15, 0.2) is 48.5 Å². The Hall–Kier alpha value is -2.70. The zero-order valence-corrected chi connectivity index (χ0v) is 29.2. The van der Waals surface area contributed by atoms with Gasteiger partial charge in [0.2, 0.25) is 11.8 Å². The smallest absolute Gasteiger partial charge is 0.225 e. The van der Waals surface area contributed by atoms with Gasteiger partial charge in [-0.1, -0.05) is 103 Å². The lowest BCUT2D eigenvalue weighted by Crippen LogP contribution is -2.30. The van der Waals surface area contributed by atoms with Gasteiger partial charge in [-0.2, -0.15) is 0 Å². The molecule has 6 nitrogen and oxygen atoms in total. The van der Waals surface area contributed by atoms with Crippen molar-refractivity contribution in [2.45, 2.75) is 124 Å². The molecule has 0 aliphatic carbocycles. The second-order valence-electron chi connectivity index (χ2n) is 12.7. The Morgan fingerprint density at radius 2 is 0.911 bits per heavy atom. The Morgan fingerprint density at radius 1 is 0.511 bits per heavy atom. The standard InChI is InChI=1S/C39H64N4O2/c1-5-9-13-15-27-42(25-11-7-3)29-23-38(44)40-36-21-17-19-34(32-36)31-35-20-18-22-37(33-35)41-39(45)24-30-43(26-12-8-4)28-16-14-10-6-2/h17-22,32-33H,5-16,23-31H2,1-4H3,(H,40,44)(H,41,45). The Morgan fingerprint density at radius 3 is 1.31 bits per heavy atom. The third-order valence-corrected chi connectivity index (χ3v) is 8.45. The lowest BCUT2D eigenvalue weighted by molar-refractivity contribution is -0.117. The average molecular weight is 621 g/mol. The molecular formula is C39H64N4O2. The number of benzene rings is 2. The van der Waals surface area contributed by atoms with Crippen LogP contribution in [-0.4, -0.2) is 60.9 Å². The highest BCUT2D eigenvalue weighted by Crippen LogP contribution is 2.18. The Balaban J connectivity index is 1.86. The predicted molar refractivity (Wildman–Crippen MR) is 193 cm³/mol. The highest BCUT2D eigenvalue weighted by molar-refractivity contribution is 5.91. The minimum atomic E-state index is 0.0705. The molecule has 2 rings (SSSR count). The van der Waals surface area contributed by atoms with Crippen LogP contribution in [-0.2, 0) is 16.0 Å². The largest absolute Gasteiger partial charge is 0.326 e. The van der Waals surface area contributed by atoms with Crippen molar-refractivity contribution in [1.29, 1.82) is 0 Å². The maximum absolute atomic E-state index is 12.8. The molecule has 0 atom stereocenters. The summed E-state index contributed by atoms with van der Waals surface area (Å²) < 4.78 is 0. The Bertz CT molecular complexity index is 989. The van der Waals surface area contributed by atoms with Gasteiger partial charge in [-0.05, 0) is 93.7 Å². The van der Waals surface area contributed by atoms with E-state index in [1.54, 1.807) is 0 Å². The van der Waals surface area contributed by atoms with Crippen molar-refractivity contribution in [2.75, 3.05) is 49.9 Å². The molecule has 0 aromatic heterocycles. The van der Waals surface area contributed by atoms with Gasteiger partial charge in [0.25, 0.3) is 0 Å². The summed E-state index contributed by atoms with van der Waals surface area (Å²) in [5.74, 6) is 0.141. The van der Waals surface area contributed by atoms with Gasteiger partial charge < -0.3 is 20.4 Å². The van der Waals surface area contributed by atoms with E-state index in [1.807, 2.05) is 24.3 Å². The Labute approximate surface area is 275 Å². The van der Waals surface area contributed by atoms with Gasteiger partial charge in [-0.3, -0.25) is 9.59 Å². The summed E-state index contributed by atoms with van der Waals surface area (Å²) in [5, 5.41) is 6.24. The van der Waals surface area contributed by atoms with E-state index in [2.05, 4.69) is 72.4 Å². The first kappa shape index (κ1) is 38.5. The molecule has 45 heavy (non-hydrogen) atoms. The van der Waals surface area contributed by atoms with Gasteiger partial charge in [-0.25, -0.2) is 0 Å². The van der Waals surface area contributed by atoms with Crippen molar-refractivity contribution in [3.05, 3.63) is 59.7 Å².